The summed E-state index contributed by atoms with van der Waals surface area (Å²) in [4.78, 5) is 21.9. The van der Waals surface area contributed by atoms with Gasteiger partial charge < -0.3 is 15.2 Å². The number of carbonyl (C=O) groups is 2. The Morgan fingerprint density at radius 3 is 2.59 bits per heavy atom. The molecule has 0 aliphatic heterocycles. The van der Waals surface area contributed by atoms with E-state index in [9.17, 15) is 14.7 Å². The van der Waals surface area contributed by atoms with Crippen LogP contribution in [0.15, 0.2) is 30.3 Å². The first-order valence-electron chi connectivity index (χ1n) is 5.22. The topological polar surface area (TPSA) is 75.6 Å². The van der Waals surface area contributed by atoms with Crippen LogP contribution in [0.4, 0.5) is 0 Å². The highest BCUT2D eigenvalue weighted by molar-refractivity contribution is 5.77. The molecule has 1 aromatic rings. The molecule has 1 unspecified atom stereocenters. The third-order valence-electron chi connectivity index (χ3n) is 2.04. The van der Waals surface area contributed by atoms with Crippen molar-refractivity contribution in [2.75, 3.05) is 6.54 Å². The summed E-state index contributed by atoms with van der Waals surface area (Å²) < 4.78 is 4.88. The summed E-state index contributed by atoms with van der Waals surface area (Å²) in [5, 5.41) is 11.7. The van der Waals surface area contributed by atoms with Crippen LogP contribution in [0.2, 0.25) is 0 Å². The van der Waals surface area contributed by atoms with Crippen LogP contribution in [0.3, 0.4) is 0 Å². The number of rotatable bonds is 5. The highest BCUT2D eigenvalue weighted by atomic mass is 16.5. The van der Waals surface area contributed by atoms with Gasteiger partial charge in [-0.3, -0.25) is 4.79 Å². The van der Waals surface area contributed by atoms with Gasteiger partial charge in [0.25, 0.3) is 0 Å². The molecule has 1 rings (SSSR count). The minimum absolute atomic E-state index is 0.108. The largest absolute Gasteiger partial charge is 0.459 e. The average Bonchev–Trinajstić information content (AvgIpc) is 2.34. The fraction of sp³-hybridized carbons (Fsp3) is 0.333. The molecule has 0 saturated carbocycles. The number of benzene rings is 1. The predicted octanol–water partition coefficient (Wildman–Crippen LogP) is 0.227. The van der Waals surface area contributed by atoms with Crippen molar-refractivity contribution in [1.29, 1.82) is 0 Å². The molecule has 0 aromatic heterocycles. The first kappa shape index (κ1) is 13.2. The Morgan fingerprint density at radius 1 is 1.35 bits per heavy atom. The zero-order valence-corrected chi connectivity index (χ0v) is 9.55. The third-order valence-corrected chi connectivity index (χ3v) is 2.04. The van der Waals surface area contributed by atoms with E-state index in [0.717, 1.165) is 5.56 Å². The molecule has 0 aliphatic carbocycles. The number of aliphatic hydroxyl groups is 1. The van der Waals surface area contributed by atoms with Crippen molar-refractivity contribution >= 4 is 11.9 Å². The Morgan fingerprint density at radius 2 is 2.00 bits per heavy atom. The second kappa shape index (κ2) is 6.65. The van der Waals surface area contributed by atoms with Gasteiger partial charge in [-0.1, -0.05) is 30.3 Å². The van der Waals surface area contributed by atoms with Crippen LogP contribution in [0.25, 0.3) is 0 Å². The van der Waals surface area contributed by atoms with E-state index in [0.29, 0.717) is 0 Å². The summed E-state index contributed by atoms with van der Waals surface area (Å²) in [5.74, 6) is -1.05. The molecule has 92 valence electrons. The number of carbonyl (C=O) groups excluding carboxylic acids is 2. The maximum atomic E-state index is 11.3. The molecule has 0 bridgehead atoms. The van der Waals surface area contributed by atoms with Gasteiger partial charge in [0.15, 0.2) is 6.10 Å². The molecule has 2 N–H and O–H groups in total. The van der Waals surface area contributed by atoms with Gasteiger partial charge in [-0.05, 0) is 5.56 Å². The van der Waals surface area contributed by atoms with Gasteiger partial charge in [-0.15, -0.1) is 0 Å². The molecule has 0 aliphatic rings. The SMILES string of the molecule is CC(=O)NCC(O)C(=O)OCc1ccccc1. The van der Waals surface area contributed by atoms with Crippen LogP contribution in [-0.4, -0.2) is 29.6 Å². The Bertz CT molecular complexity index is 377. The molecular formula is C12H15NO4. The smallest absolute Gasteiger partial charge is 0.337 e. The van der Waals surface area contributed by atoms with Crippen molar-refractivity contribution in [2.45, 2.75) is 19.6 Å². The van der Waals surface area contributed by atoms with Gasteiger partial charge in [-0.25, -0.2) is 4.79 Å². The number of hydrogen-bond acceptors (Lipinski definition) is 4. The van der Waals surface area contributed by atoms with Crippen LogP contribution < -0.4 is 5.32 Å². The van der Waals surface area contributed by atoms with Gasteiger partial charge in [0.05, 0.1) is 6.54 Å². The number of nitrogens with one attached hydrogen (secondary N) is 1. The summed E-state index contributed by atoms with van der Waals surface area (Å²) >= 11 is 0. The molecule has 1 atom stereocenters. The standard InChI is InChI=1S/C12H15NO4/c1-9(14)13-7-11(15)12(16)17-8-10-5-3-2-4-6-10/h2-6,11,15H,7-8H2,1H3,(H,13,14). The van der Waals surface area contributed by atoms with Crippen molar-refractivity contribution in [3.05, 3.63) is 35.9 Å². The van der Waals surface area contributed by atoms with Gasteiger partial charge in [0, 0.05) is 6.92 Å². The Balaban J connectivity index is 2.32. The van der Waals surface area contributed by atoms with E-state index >= 15 is 0 Å². The van der Waals surface area contributed by atoms with Crippen LogP contribution in [0.1, 0.15) is 12.5 Å². The Hall–Kier alpha value is -1.88. The summed E-state index contributed by atoms with van der Waals surface area (Å²) in [7, 11) is 0. The number of esters is 1. The average molecular weight is 237 g/mol. The number of aliphatic hydroxyl groups excluding tert-OH is 1. The molecule has 0 saturated heterocycles. The van der Waals surface area contributed by atoms with E-state index in [1.54, 1.807) is 0 Å². The molecule has 0 fully saturated rings. The van der Waals surface area contributed by atoms with Crippen molar-refractivity contribution in [2.24, 2.45) is 0 Å². The van der Waals surface area contributed by atoms with Gasteiger partial charge in [0.1, 0.15) is 6.61 Å². The van der Waals surface area contributed by atoms with E-state index in [1.807, 2.05) is 30.3 Å². The number of ether oxygens (including phenoxy) is 1. The number of hydrogen-bond donors (Lipinski definition) is 2. The Kier molecular flexibility index (Phi) is 5.16. The molecule has 1 amide bonds. The summed E-state index contributed by atoms with van der Waals surface area (Å²) in [6.07, 6.45) is -1.33. The highest BCUT2D eigenvalue weighted by Gasteiger charge is 2.16. The zero-order valence-electron chi connectivity index (χ0n) is 9.55. The van der Waals surface area contributed by atoms with Gasteiger partial charge in [-0.2, -0.15) is 0 Å². The lowest BCUT2D eigenvalue weighted by molar-refractivity contribution is -0.154. The molecule has 5 nitrogen and oxygen atoms in total. The third kappa shape index (κ3) is 5.12. The molecule has 17 heavy (non-hydrogen) atoms. The molecular weight excluding hydrogens is 222 g/mol. The van der Waals surface area contributed by atoms with Crippen molar-refractivity contribution < 1.29 is 19.4 Å². The minimum atomic E-state index is -1.33. The fourth-order valence-electron chi connectivity index (χ4n) is 1.15. The molecule has 5 heteroatoms. The first-order chi connectivity index (χ1) is 8.09. The maximum Gasteiger partial charge on any atom is 0.337 e. The van der Waals surface area contributed by atoms with Crippen molar-refractivity contribution in [3.63, 3.8) is 0 Å². The number of amides is 1. The fourth-order valence-corrected chi connectivity index (χ4v) is 1.15. The zero-order chi connectivity index (χ0) is 12.7. The lowest BCUT2D eigenvalue weighted by atomic mass is 10.2. The van der Waals surface area contributed by atoms with E-state index in [4.69, 9.17) is 4.74 Å². The van der Waals surface area contributed by atoms with Crippen LogP contribution in [0, 0.1) is 0 Å². The lowest BCUT2D eigenvalue weighted by Crippen LogP contribution is -2.36. The Labute approximate surface area is 99.4 Å². The van der Waals surface area contributed by atoms with E-state index in [1.165, 1.54) is 6.92 Å². The molecule has 1 aromatic carbocycles. The summed E-state index contributed by atoms with van der Waals surface area (Å²) in [5.41, 5.74) is 0.840. The van der Waals surface area contributed by atoms with Crippen LogP contribution in [-0.2, 0) is 20.9 Å². The molecule has 0 spiro atoms. The minimum Gasteiger partial charge on any atom is -0.459 e. The van der Waals surface area contributed by atoms with Crippen LogP contribution >= 0.6 is 0 Å². The normalized spacial score (nSPS) is 11.6. The van der Waals surface area contributed by atoms with Crippen molar-refractivity contribution in [3.8, 4) is 0 Å². The van der Waals surface area contributed by atoms with Gasteiger partial charge >= 0.3 is 5.97 Å². The van der Waals surface area contributed by atoms with Crippen LogP contribution in [0.5, 0.6) is 0 Å². The monoisotopic (exact) mass is 237 g/mol. The molecule has 0 radical (unpaired) electrons. The highest BCUT2D eigenvalue weighted by Crippen LogP contribution is 2.01. The quantitative estimate of drug-likeness (QED) is 0.719. The second-order valence-electron chi connectivity index (χ2n) is 3.55. The van der Waals surface area contributed by atoms with E-state index < -0.39 is 12.1 Å². The predicted molar refractivity (Wildman–Crippen MR) is 60.9 cm³/mol. The van der Waals surface area contributed by atoms with E-state index in [-0.39, 0.29) is 19.1 Å². The lowest BCUT2D eigenvalue weighted by Gasteiger charge is -2.10. The molecule has 0 heterocycles. The summed E-state index contributed by atoms with van der Waals surface area (Å²) in [6.45, 7) is 1.28. The van der Waals surface area contributed by atoms with Gasteiger partial charge in [0.2, 0.25) is 5.91 Å². The van der Waals surface area contributed by atoms with E-state index in [2.05, 4.69) is 5.32 Å². The van der Waals surface area contributed by atoms with Crippen molar-refractivity contribution in [1.82, 2.24) is 5.32 Å². The second-order valence-corrected chi connectivity index (χ2v) is 3.55. The summed E-state index contributed by atoms with van der Waals surface area (Å²) in [6, 6.07) is 9.14. The first-order valence-corrected chi connectivity index (χ1v) is 5.22. The maximum absolute atomic E-state index is 11.3.